The summed E-state index contributed by atoms with van der Waals surface area (Å²) in [6.45, 7) is 6.31. The van der Waals surface area contributed by atoms with Crippen LogP contribution in [-0.4, -0.2) is 24.8 Å². The van der Waals surface area contributed by atoms with Crippen LogP contribution in [0.15, 0.2) is 0 Å². The Labute approximate surface area is 115 Å². The van der Waals surface area contributed by atoms with Gasteiger partial charge in [-0.2, -0.15) is 13.2 Å². The Balaban J connectivity index is 2.87. The summed E-state index contributed by atoms with van der Waals surface area (Å²) in [4.78, 5) is 6.92. The highest BCUT2D eigenvalue weighted by molar-refractivity contribution is 7.15. The fourth-order valence-corrected chi connectivity index (χ4v) is 2.75. The number of hydrogen-bond acceptors (Lipinski definition) is 4. The van der Waals surface area contributed by atoms with Crippen LogP contribution in [-0.2, 0) is 12.0 Å². The van der Waals surface area contributed by atoms with E-state index in [1.165, 1.54) is 16.2 Å². The number of aromatic nitrogens is 1. The van der Waals surface area contributed by atoms with Crippen LogP contribution in [0.2, 0.25) is 0 Å². The van der Waals surface area contributed by atoms with Crippen molar-refractivity contribution in [1.82, 2.24) is 4.98 Å². The molecule has 0 bridgehead atoms. The molecule has 110 valence electrons. The molecule has 0 amide bonds. The zero-order valence-electron chi connectivity index (χ0n) is 11.6. The van der Waals surface area contributed by atoms with Crippen LogP contribution in [0.4, 0.5) is 18.3 Å². The van der Waals surface area contributed by atoms with Crippen molar-refractivity contribution in [2.24, 2.45) is 5.73 Å². The summed E-state index contributed by atoms with van der Waals surface area (Å²) in [5.74, 6) is 0. The molecule has 1 aromatic rings. The van der Waals surface area contributed by atoms with Crippen LogP contribution < -0.4 is 10.6 Å². The Kier molecular flexibility index (Phi) is 4.84. The number of thiazole rings is 1. The molecule has 19 heavy (non-hydrogen) atoms. The Morgan fingerprint density at radius 1 is 1.26 bits per heavy atom. The molecule has 7 heteroatoms. The fourth-order valence-electron chi connectivity index (χ4n) is 1.62. The Morgan fingerprint density at radius 2 is 1.84 bits per heavy atom. The Hall–Kier alpha value is -0.820. The van der Waals surface area contributed by atoms with E-state index in [9.17, 15) is 13.2 Å². The van der Waals surface area contributed by atoms with Gasteiger partial charge in [-0.15, -0.1) is 11.3 Å². The predicted octanol–water partition coefficient (Wildman–Crippen LogP) is 3.29. The maximum absolute atomic E-state index is 12.2. The molecule has 0 spiro atoms. The van der Waals surface area contributed by atoms with Gasteiger partial charge in [0.05, 0.1) is 12.1 Å². The molecule has 0 atom stereocenters. The van der Waals surface area contributed by atoms with Gasteiger partial charge in [0.2, 0.25) is 0 Å². The molecular weight excluding hydrogens is 275 g/mol. The van der Waals surface area contributed by atoms with Crippen LogP contribution in [0.3, 0.4) is 0 Å². The molecule has 0 radical (unpaired) electrons. The van der Waals surface area contributed by atoms with Crippen molar-refractivity contribution in [2.75, 3.05) is 18.5 Å². The average Bonchev–Trinajstić information content (AvgIpc) is 2.68. The summed E-state index contributed by atoms with van der Waals surface area (Å²) in [5.41, 5.74) is 6.39. The summed E-state index contributed by atoms with van der Waals surface area (Å²) < 4.78 is 36.6. The maximum atomic E-state index is 12.2. The lowest BCUT2D eigenvalue weighted by Crippen LogP contribution is -2.24. The lowest BCUT2D eigenvalue weighted by Gasteiger charge is -2.18. The third kappa shape index (κ3) is 4.65. The van der Waals surface area contributed by atoms with Gasteiger partial charge in [0, 0.05) is 30.4 Å². The van der Waals surface area contributed by atoms with Crippen LogP contribution in [0.25, 0.3) is 0 Å². The van der Waals surface area contributed by atoms with E-state index in [2.05, 4.69) is 4.98 Å². The molecule has 0 saturated heterocycles. The van der Waals surface area contributed by atoms with Crippen molar-refractivity contribution >= 4 is 16.5 Å². The lowest BCUT2D eigenvalue weighted by molar-refractivity contribution is -0.132. The van der Waals surface area contributed by atoms with Crippen LogP contribution in [0, 0.1) is 0 Å². The second-order valence-electron chi connectivity index (χ2n) is 5.51. The van der Waals surface area contributed by atoms with Crippen molar-refractivity contribution in [3.05, 3.63) is 10.6 Å². The van der Waals surface area contributed by atoms with E-state index in [4.69, 9.17) is 5.73 Å². The monoisotopic (exact) mass is 295 g/mol. The van der Waals surface area contributed by atoms with Gasteiger partial charge in [-0.05, 0) is 0 Å². The van der Waals surface area contributed by atoms with Crippen molar-refractivity contribution < 1.29 is 13.2 Å². The Bertz CT molecular complexity index is 421. The first-order valence-electron chi connectivity index (χ1n) is 6.02. The molecule has 3 nitrogen and oxygen atoms in total. The van der Waals surface area contributed by atoms with Gasteiger partial charge in [-0.1, -0.05) is 20.8 Å². The fraction of sp³-hybridized carbons (Fsp3) is 0.750. The molecule has 0 saturated carbocycles. The minimum absolute atomic E-state index is 0.0927. The lowest BCUT2D eigenvalue weighted by atomic mass is 9.91. The number of anilines is 1. The summed E-state index contributed by atoms with van der Waals surface area (Å²) in [5, 5.41) is 0.592. The number of rotatable bonds is 4. The molecule has 0 aliphatic heterocycles. The smallest absolute Gasteiger partial charge is 0.351 e. The Morgan fingerprint density at radius 3 is 2.21 bits per heavy atom. The SMILES string of the molecule is CN(CCC(F)(F)F)c1nc(C(C)(C)C)c(CN)s1. The van der Waals surface area contributed by atoms with Gasteiger partial charge < -0.3 is 10.6 Å². The van der Waals surface area contributed by atoms with Gasteiger partial charge in [0.25, 0.3) is 0 Å². The largest absolute Gasteiger partial charge is 0.390 e. The number of alkyl halides is 3. The van der Waals surface area contributed by atoms with Crippen molar-refractivity contribution in [3.63, 3.8) is 0 Å². The van der Waals surface area contributed by atoms with E-state index in [-0.39, 0.29) is 12.0 Å². The van der Waals surface area contributed by atoms with Crippen LogP contribution in [0.5, 0.6) is 0 Å². The molecule has 1 rings (SSSR count). The first kappa shape index (κ1) is 16.2. The molecule has 1 aromatic heterocycles. The summed E-state index contributed by atoms with van der Waals surface area (Å²) in [6, 6.07) is 0. The van der Waals surface area contributed by atoms with E-state index in [0.29, 0.717) is 11.7 Å². The van der Waals surface area contributed by atoms with E-state index in [1.54, 1.807) is 7.05 Å². The van der Waals surface area contributed by atoms with Crippen molar-refractivity contribution in [3.8, 4) is 0 Å². The number of nitrogens with zero attached hydrogens (tertiary/aromatic N) is 2. The first-order chi connectivity index (χ1) is 8.54. The third-order valence-electron chi connectivity index (χ3n) is 2.64. The zero-order valence-corrected chi connectivity index (χ0v) is 12.5. The van der Waals surface area contributed by atoms with E-state index >= 15 is 0 Å². The van der Waals surface area contributed by atoms with Gasteiger partial charge in [-0.3, -0.25) is 0 Å². The van der Waals surface area contributed by atoms with E-state index in [1.807, 2.05) is 20.8 Å². The van der Waals surface area contributed by atoms with Gasteiger partial charge >= 0.3 is 6.18 Å². The molecule has 0 unspecified atom stereocenters. The van der Waals surface area contributed by atoms with E-state index < -0.39 is 12.6 Å². The highest BCUT2D eigenvalue weighted by atomic mass is 32.1. The highest BCUT2D eigenvalue weighted by Crippen LogP contribution is 2.33. The highest BCUT2D eigenvalue weighted by Gasteiger charge is 2.28. The topological polar surface area (TPSA) is 42.2 Å². The summed E-state index contributed by atoms with van der Waals surface area (Å²) in [6.07, 6.45) is -4.99. The second kappa shape index (κ2) is 5.66. The van der Waals surface area contributed by atoms with Crippen molar-refractivity contribution in [1.29, 1.82) is 0 Å². The maximum Gasteiger partial charge on any atom is 0.390 e. The van der Waals surface area contributed by atoms with Crippen LogP contribution >= 0.6 is 11.3 Å². The minimum Gasteiger partial charge on any atom is -0.351 e. The van der Waals surface area contributed by atoms with Crippen molar-refractivity contribution in [2.45, 2.75) is 45.3 Å². The zero-order chi connectivity index (χ0) is 14.8. The molecule has 0 aromatic carbocycles. The molecule has 2 N–H and O–H groups in total. The normalized spacial score (nSPS) is 12.8. The molecule has 0 aliphatic rings. The number of nitrogens with two attached hydrogens (primary N) is 1. The summed E-state index contributed by atoms with van der Waals surface area (Å²) in [7, 11) is 1.62. The predicted molar refractivity (Wildman–Crippen MR) is 72.6 cm³/mol. The molecular formula is C12H20F3N3S. The third-order valence-corrected chi connectivity index (χ3v) is 3.83. The molecule has 0 aliphatic carbocycles. The average molecular weight is 295 g/mol. The minimum atomic E-state index is -4.14. The van der Waals surface area contributed by atoms with Gasteiger partial charge in [-0.25, -0.2) is 4.98 Å². The quantitative estimate of drug-likeness (QED) is 0.927. The summed E-state index contributed by atoms with van der Waals surface area (Å²) >= 11 is 1.37. The molecule has 1 heterocycles. The molecule has 0 fully saturated rings. The number of halogens is 3. The van der Waals surface area contributed by atoms with Gasteiger partial charge in [0.1, 0.15) is 0 Å². The van der Waals surface area contributed by atoms with Gasteiger partial charge in [0.15, 0.2) is 5.13 Å². The van der Waals surface area contributed by atoms with E-state index in [0.717, 1.165) is 10.6 Å². The number of hydrogen-bond donors (Lipinski definition) is 1. The first-order valence-corrected chi connectivity index (χ1v) is 6.84. The second-order valence-corrected chi connectivity index (χ2v) is 6.57. The standard InChI is InChI=1S/C12H20F3N3S/c1-11(2,3)9-8(7-16)19-10(17-9)18(4)6-5-12(13,14)15/h5-7,16H2,1-4H3. The van der Waals surface area contributed by atoms with Crippen LogP contribution in [0.1, 0.15) is 37.8 Å².